The third-order valence-corrected chi connectivity index (χ3v) is 3.18. The van der Waals surface area contributed by atoms with Crippen molar-refractivity contribution in [1.29, 1.82) is 5.26 Å². The number of nitrogens with zero attached hydrogens (tertiary/aromatic N) is 1. The summed E-state index contributed by atoms with van der Waals surface area (Å²) in [4.78, 5) is 11.5. The highest BCUT2D eigenvalue weighted by Crippen LogP contribution is 2.26. The quantitative estimate of drug-likeness (QED) is 0.768. The van der Waals surface area contributed by atoms with E-state index in [-0.39, 0.29) is 11.8 Å². The molecule has 0 bridgehead atoms. The van der Waals surface area contributed by atoms with Crippen LogP contribution in [0.4, 0.5) is 0 Å². The van der Waals surface area contributed by atoms with Crippen LogP contribution in [-0.4, -0.2) is 13.0 Å². The van der Waals surface area contributed by atoms with Crippen molar-refractivity contribution in [1.82, 2.24) is 5.32 Å². The summed E-state index contributed by atoms with van der Waals surface area (Å²) in [5.41, 5.74) is 3.13. The maximum absolute atomic E-state index is 11.5. The van der Waals surface area contributed by atoms with Crippen LogP contribution in [0.2, 0.25) is 0 Å². The smallest absolute Gasteiger partial charge is 0.223 e. The molecule has 0 spiro atoms. The molecular weight excluding hydrogens is 200 g/mol. The molecule has 1 aliphatic carbocycles. The van der Waals surface area contributed by atoms with Crippen LogP contribution in [0.15, 0.2) is 18.2 Å². The van der Waals surface area contributed by atoms with Gasteiger partial charge < -0.3 is 5.32 Å². The van der Waals surface area contributed by atoms with Crippen molar-refractivity contribution < 1.29 is 4.79 Å². The molecule has 3 nitrogen and oxygen atoms in total. The van der Waals surface area contributed by atoms with Crippen LogP contribution in [0.5, 0.6) is 0 Å². The van der Waals surface area contributed by atoms with Gasteiger partial charge in [0.2, 0.25) is 5.91 Å². The molecule has 0 saturated carbocycles. The summed E-state index contributed by atoms with van der Waals surface area (Å²) in [7, 11) is 1.68. The number of hydrogen-bond donors (Lipinski definition) is 1. The van der Waals surface area contributed by atoms with Crippen LogP contribution in [0.25, 0.3) is 0 Å². The lowest BCUT2D eigenvalue weighted by Crippen LogP contribution is -2.31. The van der Waals surface area contributed by atoms with Gasteiger partial charge in [0.1, 0.15) is 0 Å². The van der Waals surface area contributed by atoms with Crippen molar-refractivity contribution in [2.45, 2.75) is 19.3 Å². The van der Waals surface area contributed by atoms with Gasteiger partial charge in [-0.2, -0.15) is 5.26 Å². The summed E-state index contributed by atoms with van der Waals surface area (Å²) < 4.78 is 0. The first-order valence-corrected chi connectivity index (χ1v) is 5.48. The first-order valence-electron chi connectivity index (χ1n) is 5.48. The second-order valence-corrected chi connectivity index (χ2v) is 4.15. The highest BCUT2D eigenvalue weighted by molar-refractivity contribution is 5.79. The maximum Gasteiger partial charge on any atom is 0.223 e. The van der Waals surface area contributed by atoms with E-state index < -0.39 is 0 Å². The number of carbonyl (C=O) groups excluding carboxylic acids is 1. The Morgan fingerprint density at radius 3 is 3.00 bits per heavy atom. The number of hydrogen-bond acceptors (Lipinski definition) is 2. The fourth-order valence-electron chi connectivity index (χ4n) is 2.25. The molecule has 3 heteroatoms. The molecule has 1 atom stereocenters. The third kappa shape index (κ3) is 1.92. The molecule has 1 aromatic carbocycles. The van der Waals surface area contributed by atoms with Crippen molar-refractivity contribution in [2.75, 3.05) is 7.05 Å². The zero-order chi connectivity index (χ0) is 11.5. The van der Waals surface area contributed by atoms with Gasteiger partial charge in [0, 0.05) is 13.0 Å². The van der Waals surface area contributed by atoms with Gasteiger partial charge in [-0.1, -0.05) is 6.07 Å². The molecule has 1 aliphatic rings. The molecule has 1 unspecified atom stereocenters. The Kier molecular flexibility index (Phi) is 2.91. The summed E-state index contributed by atoms with van der Waals surface area (Å²) >= 11 is 0. The number of carbonyl (C=O) groups is 1. The van der Waals surface area contributed by atoms with Crippen molar-refractivity contribution in [3.63, 3.8) is 0 Å². The lowest BCUT2D eigenvalue weighted by molar-refractivity contribution is -0.124. The number of amides is 1. The van der Waals surface area contributed by atoms with Gasteiger partial charge in [0.25, 0.3) is 0 Å². The van der Waals surface area contributed by atoms with Crippen molar-refractivity contribution >= 4 is 5.91 Å². The second-order valence-electron chi connectivity index (χ2n) is 4.15. The van der Waals surface area contributed by atoms with E-state index in [9.17, 15) is 4.79 Å². The molecule has 1 aromatic rings. The molecule has 0 fully saturated rings. The first-order chi connectivity index (χ1) is 7.74. The van der Waals surface area contributed by atoms with Gasteiger partial charge in [-0.25, -0.2) is 0 Å². The minimum atomic E-state index is 0.0884. The second kappa shape index (κ2) is 4.36. The van der Waals surface area contributed by atoms with Gasteiger partial charge in [0.05, 0.1) is 11.6 Å². The molecule has 0 radical (unpaired) electrons. The van der Waals surface area contributed by atoms with Gasteiger partial charge in [-0.05, 0) is 42.5 Å². The van der Waals surface area contributed by atoms with E-state index in [0.717, 1.165) is 19.3 Å². The summed E-state index contributed by atoms with van der Waals surface area (Å²) in [6.45, 7) is 0. The van der Waals surface area contributed by atoms with Crippen molar-refractivity contribution in [3.8, 4) is 6.07 Å². The Morgan fingerprint density at radius 2 is 2.31 bits per heavy atom. The Bertz CT molecular complexity index is 459. The van der Waals surface area contributed by atoms with Gasteiger partial charge >= 0.3 is 0 Å². The van der Waals surface area contributed by atoms with Gasteiger partial charge in [-0.3, -0.25) is 4.79 Å². The maximum atomic E-state index is 11.5. The molecular formula is C13H14N2O. The first kappa shape index (κ1) is 10.7. The minimum absolute atomic E-state index is 0.0884. The molecule has 0 heterocycles. The van der Waals surface area contributed by atoms with Gasteiger partial charge in [0.15, 0.2) is 0 Å². The number of rotatable bonds is 1. The van der Waals surface area contributed by atoms with E-state index in [0.29, 0.717) is 5.56 Å². The average Bonchev–Trinajstić information content (AvgIpc) is 2.36. The Labute approximate surface area is 95.1 Å². The topological polar surface area (TPSA) is 52.9 Å². The minimum Gasteiger partial charge on any atom is -0.359 e. The highest BCUT2D eigenvalue weighted by Gasteiger charge is 2.23. The molecule has 1 amide bonds. The molecule has 0 saturated heterocycles. The average molecular weight is 214 g/mol. The lowest BCUT2D eigenvalue weighted by atomic mass is 9.83. The SMILES string of the molecule is CNC(=O)C1CCc2cc(C#N)ccc2C1. The molecule has 16 heavy (non-hydrogen) atoms. The fraction of sp³-hybridized carbons (Fsp3) is 0.385. The Balaban J connectivity index is 2.23. The summed E-state index contributed by atoms with van der Waals surface area (Å²) in [5.74, 6) is 0.209. The van der Waals surface area contributed by atoms with E-state index in [1.807, 2.05) is 18.2 Å². The number of benzene rings is 1. The zero-order valence-corrected chi connectivity index (χ0v) is 9.29. The normalized spacial score (nSPS) is 18.4. The fourth-order valence-corrected chi connectivity index (χ4v) is 2.25. The monoisotopic (exact) mass is 214 g/mol. The Hall–Kier alpha value is -1.82. The van der Waals surface area contributed by atoms with E-state index in [1.165, 1.54) is 11.1 Å². The highest BCUT2D eigenvalue weighted by atomic mass is 16.1. The van der Waals surface area contributed by atoms with Crippen LogP contribution in [0.3, 0.4) is 0 Å². The van der Waals surface area contributed by atoms with Crippen LogP contribution >= 0.6 is 0 Å². The van der Waals surface area contributed by atoms with Crippen LogP contribution in [0.1, 0.15) is 23.1 Å². The van der Waals surface area contributed by atoms with Crippen LogP contribution in [-0.2, 0) is 17.6 Å². The molecule has 1 N–H and O–H groups in total. The summed E-state index contributed by atoms with van der Waals surface area (Å²) in [5, 5.41) is 11.5. The number of fused-ring (bicyclic) bond motifs is 1. The molecule has 0 aromatic heterocycles. The van der Waals surface area contributed by atoms with E-state index in [1.54, 1.807) is 7.05 Å². The summed E-state index contributed by atoms with van der Waals surface area (Å²) in [6, 6.07) is 7.88. The molecule has 0 aliphatic heterocycles. The van der Waals surface area contributed by atoms with E-state index in [2.05, 4.69) is 11.4 Å². The predicted octanol–water partition coefficient (Wildman–Crippen LogP) is 1.41. The van der Waals surface area contributed by atoms with Gasteiger partial charge in [-0.15, -0.1) is 0 Å². The molecule has 82 valence electrons. The number of nitrogens with one attached hydrogen (secondary N) is 1. The van der Waals surface area contributed by atoms with Crippen molar-refractivity contribution in [3.05, 3.63) is 34.9 Å². The third-order valence-electron chi connectivity index (χ3n) is 3.18. The summed E-state index contributed by atoms with van der Waals surface area (Å²) in [6.07, 6.45) is 2.56. The van der Waals surface area contributed by atoms with Crippen LogP contribution in [0, 0.1) is 17.2 Å². The standard InChI is InChI=1S/C13H14N2O/c1-15-13(16)12-5-4-10-6-9(8-14)2-3-11(10)7-12/h2-3,6,12H,4-5,7H2,1H3,(H,15,16). The Morgan fingerprint density at radius 1 is 1.50 bits per heavy atom. The largest absolute Gasteiger partial charge is 0.359 e. The van der Waals surface area contributed by atoms with E-state index >= 15 is 0 Å². The predicted molar refractivity (Wildman–Crippen MR) is 60.7 cm³/mol. The van der Waals surface area contributed by atoms with E-state index in [4.69, 9.17) is 5.26 Å². The zero-order valence-electron chi connectivity index (χ0n) is 9.29. The number of aryl methyl sites for hydroxylation is 1. The number of nitriles is 1. The van der Waals surface area contributed by atoms with Crippen LogP contribution < -0.4 is 5.32 Å². The van der Waals surface area contributed by atoms with Crippen molar-refractivity contribution in [2.24, 2.45) is 5.92 Å². The molecule has 2 rings (SSSR count). The lowest BCUT2D eigenvalue weighted by Gasteiger charge is -2.23.